The number of nitrogens with one attached hydrogen (secondary N) is 1. The number of hydrogen-bond acceptors (Lipinski definition) is 5. The summed E-state index contributed by atoms with van der Waals surface area (Å²) in [5, 5.41) is 4.06. The molecule has 176 valence electrons. The second-order valence-electron chi connectivity index (χ2n) is 8.58. The van der Waals surface area contributed by atoms with E-state index in [9.17, 15) is 4.79 Å². The Morgan fingerprint density at radius 3 is 2.49 bits per heavy atom. The van der Waals surface area contributed by atoms with Crippen LogP contribution in [0.15, 0.2) is 83.4 Å². The molecule has 35 heavy (non-hydrogen) atoms. The van der Waals surface area contributed by atoms with Crippen LogP contribution in [0.1, 0.15) is 45.0 Å². The van der Waals surface area contributed by atoms with Gasteiger partial charge in [0.2, 0.25) is 0 Å². The van der Waals surface area contributed by atoms with Crippen molar-refractivity contribution in [3.63, 3.8) is 0 Å². The topological polar surface area (TPSA) is 67.6 Å². The quantitative estimate of drug-likeness (QED) is 0.279. The number of anilines is 1. The van der Waals surface area contributed by atoms with E-state index < -0.39 is 5.97 Å². The Kier molecular flexibility index (Phi) is 6.09. The molecule has 7 heteroatoms. The Morgan fingerprint density at radius 1 is 1.03 bits per heavy atom. The molecule has 0 spiro atoms. The maximum atomic E-state index is 12.3. The number of aromatic nitrogens is 1. The minimum Gasteiger partial charge on any atom is -0.465 e. The van der Waals surface area contributed by atoms with Crippen LogP contribution in [0.2, 0.25) is 0 Å². The first kappa shape index (κ1) is 22.8. The van der Waals surface area contributed by atoms with E-state index in [1.54, 1.807) is 18.3 Å². The normalized spacial score (nSPS) is 17.3. The Balaban J connectivity index is 1.63. The van der Waals surface area contributed by atoms with E-state index in [1.165, 1.54) is 7.11 Å². The lowest BCUT2D eigenvalue weighted by Crippen LogP contribution is -2.29. The van der Waals surface area contributed by atoms with Gasteiger partial charge in [-0.15, -0.1) is 0 Å². The van der Waals surface area contributed by atoms with Gasteiger partial charge in [-0.2, -0.15) is 0 Å². The van der Waals surface area contributed by atoms with Gasteiger partial charge >= 0.3 is 5.97 Å². The third-order valence-electron chi connectivity index (χ3n) is 6.10. The van der Waals surface area contributed by atoms with Gasteiger partial charge in [0, 0.05) is 17.4 Å². The molecular formula is C28H25N3O3S. The molecule has 2 aromatic heterocycles. The van der Waals surface area contributed by atoms with E-state index in [1.807, 2.05) is 42.5 Å². The average molecular weight is 484 g/mol. The predicted octanol–water partition coefficient (Wildman–Crippen LogP) is 5.92. The molecule has 2 atom stereocenters. The van der Waals surface area contributed by atoms with E-state index in [0.717, 1.165) is 22.5 Å². The molecule has 0 radical (unpaired) electrons. The van der Waals surface area contributed by atoms with Crippen LogP contribution in [0.3, 0.4) is 0 Å². The highest BCUT2D eigenvalue weighted by Gasteiger charge is 2.42. The van der Waals surface area contributed by atoms with Gasteiger partial charge in [-0.3, -0.25) is 4.98 Å². The fraction of sp³-hybridized carbons (Fsp3) is 0.179. The highest BCUT2D eigenvalue weighted by Crippen LogP contribution is 2.43. The number of nitrogens with zero attached hydrogens (tertiary/aromatic N) is 2. The van der Waals surface area contributed by atoms with Gasteiger partial charge in [0.1, 0.15) is 17.6 Å². The average Bonchev–Trinajstić information content (AvgIpc) is 3.48. The van der Waals surface area contributed by atoms with Crippen LogP contribution in [0, 0.1) is 13.8 Å². The van der Waals surface area contributed by atoms with Gasteiger partial charge in [-0.25, -0.2) is 4.79 Å². The van der Waals surface area contributed by atoms with Gasteiger partial charge in [-0.05, 0) is 79.7 Å². The number of ether oxygens (including phenoxy) is 1. The Labute approximate surface area is 209 Å². The summed E-state index contributed by atoms with van der Waals surface area (Å²) in [6.07, 6.45) is 1.77. The van der Waals surface area contributed by atoms with Crippen molar-refractivity contribution in [1.82, 2.24) is 10.3 Å². The van der Waals surface area contributed by atoms with Crippen molar-refractivity contribution in [1.29, 1.82) is 0 Å². The van der Waals surface area contributed by atoms with E-state index in [-0.39, 0.29) is 12.1 Å². The highest BCUT2D eigenvalue weighted by atomic mass is 32.1. The fourth-order valence-electron chi connectivity index (χ4n) is 4.65. The van der Waals surface area contributed by atoms with Gasteiger partial charge in [0.15, 0.2) is 5.11 Å². The number of hydrogen-bond donors (Lipinski definition) is 1. The smallest absolute Gasteiger partial charge is 0.338 e. The van der Waals surface area contributed by atoms with Crippen LogP contribution in [0.25, 0.3) is 11.3 Å². The summed E-state index contributed by atoms with van der Waals surface area (Å²) >= 11 is 5.82. The third kappa shape index (κ3) is 4.31. The first-order valence-corrected chi connectivity index (χ1v) is 11.7. The largest absolute Gasteiger partial charge is 0.465 e. The number of furan rings is 1. The number of thiocarbonyl (C=S) groups is 1. The van der Waals surface area contributed by atoms with Gasteiger partial charge in [0.25, 0.3) is 0 Å². The summed E-state index contributed by atoms with van der Waals surface area (Å²) in [5.41, 5.74) is 5.26. The number of rotatable bonds is 5. The number of aryl methyl sites for hydroxylation is 2. The van der Waals surface area contributed by atoms with E-state index in [2.05, 4.69) is 47.2 Å². The van der Waals surface area contributed by atoms with Crippen molar-refractivity contribution >= 4 is 29.0 Å². The molecule has 1 saturated heterocycles. The van der Waals surface area contributed by atoms with Gasteiger partial charge in [0.05, 0.1) is 24.4 Å². The monoisotopic (exact) mass is 483 g/mol. The van der Waals surface area contributed by atoms with Crippen molar-refractivity contribution in [3.05, 3.63) is 107 Å². The number of pyridine rings is 1. The number of benzene rings is 2. The molecule has 1 N–H and O–H groups in total. The summed E-state index contributed by atoms with van der Waals surface area (Å²) in [6, 6.07) is 22.8. The lowest BCUT2D eigenvalue weighted by Gasteiger charge is -2.26. The molecular weight excluding hydrogens is 458 g/mol. The number of carbonyl (C=O) groups excluding carboxylic acids is 1. The molecule has 0 aliphatic carbocycles. The molecule has 6 nitrogen and oxygen atoms in total. The molecule has 3 heterocycles. The zero-order chi connectivity index (χ0) is 24.5. The van der Waals surface area contributed by atoms with Gasteiger partial charge in [-0.1, -0.05) is 30.3 Å². The number of carbonyl (C=O) groups is 1. The minimum absolute atomic E-state index is 0.223. The molecule has 1 aliphatic heterocycles. The molecule has 0 saturated carbocycles. The zero-order valence-electron chi connectivity index (χ0n) is 19.7. The summed E-state index contributed by atoms with van der Waals surface area (Å²) in [5.74, 6) is 0.881. The molecule has 4 aromatic rings. The maximum Gasteiger partial charge on any atom is 0.338 e. The first-order valence-electron chi connectivity index (χ1n) is 11.3. The summed E-state index contributed by atoms with van der Waals surface area (Å²) < 4.78 is 11.4. The van der Waals surface area contributed by atoms with Crippen LogP contribution >= 0.6 is 12.2 Å². The Hall–Kier alpha value is -3.97. The van der Waals surface area contributed by atoms with Gasteiger partial charge < -0.3 is 19.4 Å². The van der Waals surface area contributed by atoms with Crippen molar-refractivity contribution < 1.29 is 13.9 Å². The maximum absolute atomic E-state index is 12.3. The molecule has 1 aliphatic rings. The summed E-state index contributed by atoms with van der Waals surface area (Å²) in [6.45, 7) is 4.14. The van der Waals surface area contributed by atoms with Crippen LogP contribution in [-0.2, 0) is 4.74 Å². The standard InChI is InChI=1S/C28H25N3O3S/c1-17-14-18(2)16-19(15-17)31-26(25(30-28(31)35)22-10-6-7-13-29-22)24-12-11-23(34-24)20-8-4-5-9-21(20)27(32)33-3/h4-16,25-26H,1-3H3,(H,30,35). The van der Waals surface area contributed by atoms with Crippen molar-refractivity contribution in [3.8, 4) is 11.3 Å². The van der Waals surface area contributed by atoms with E-state index in [0.29, 0.717) is 27.8 Å². The molecule has 0 amide bonds. The fourth-order valence-corrected chi connectivity index (χ4v) is 5.00. The highest BCUT2D eigenvalue weighted by molar-refractivity contribution is 7.80. The van der Waals surface area contributed by atoms with Crippen molar-refractivity contribution in [2.75, 3.05) is 12.0 Å². The van der Waals surface area contributed by atoms with E-state index >= 15 is 0 Å². The van der Waals surface area contributed by atoms with Crippen LogP contribution in [-0.4, -0.2) is 23.2 Å². The molecule has 2 unspecified atom stereocenters. The number of esters is 1. The first-order chi connectivity index (χ1) is 17.0. The Morgan fingerprint density at radius 2 is 1.77 bits per heavy atom. The number of methoxy groups -OCH3 is 1. The van der Waals surface area contributed by atoms with E-state index in [4.69, 9.17) is 21.4 Å². The third-order valence-corrected chi connectivity index (χ3v) is 6.41. The van der Waals surface area contributed by atoms with Crippen molar-refractivity contribution in [2.45, 2.75) is 25.9 Å². The Bertz CT molecular complexity index is 1380. The minimum atomic E-state index is -0.412. The molecule has 2 aromatic carbocycles. The second kappa shape index (κ2) is 9.35. The van der Waals surface area contributed by atoms with Crippen molar-refractivity contribution in [2.24, 2.45) is 0 Å². The molecule has 5 rings (SSSR count). The van der Waals surface area contributed by atoms with Crippen LogP contribution < -0.4 is 10.2 Å². The van der Waals surface area contributed by atoms with Crippen LogP contribution in [0.4, 0.5) is 5.69 Å². The second-order valence-corrected chi connectivity index (χ2v) is 8.97. The predicted molar refractivity (Wildman–Crippen MR) is 139 cm³/mol. The SMILES string of the molecule is COC(=O)c1ccccc1-c1ccc(C2C(c3ccccn3)NC(=S)N2c2cc(C)cc(C)c2)o1. The summed E-state index contributed by atoms with van der Waals surface area (Å²) in [7, 11) is 1.37. The summed E-state index contributed by atoms with van der Waals surface area (Å²) in [4.78, 5) is 19.0. The lowest BCUT2D eigenvalue weighted by atomic mass is 10.0. The lowest BCUT2D eigenvalue weighted by molar-refractivity contribution is 0.0601. The molecule has 0 bridgehead atoms. The molecule has 1 fully saturated rings. The van der Waals surface area contributed by atoms with Crippen LogP contribution in [0.5, 0.6) is 0 Å². The zero-order valence-corrected chi connectivity index (χ0v) is 20.5.